The zero-order chi connectivity index (χ0) is 13.4. The van der Waals surface area contributed by atoms with Crippen molar-refractivity contribution in [3.63, 3.8) is 0 Å². The Bertz CT molecular complexity index is 649. The van der Waals surface area contributed by atoms with Gasteiger partial charge in [-0.25, -0.2) is 4.79 Å². The number of hydrogen-bond donors (Lipinski definition) is 2. The van der Waals surface area contributed by atoms with E-state index in [0.29, 0.717) is 18.5 Å². The van der Waals surface area contributed by atoms with Crippen LogP contribution >= 0.6 is 0 Å². The zero-order valence-electron chi connectivity index (χ0n) is 10.2. The SMILES string of the molecule is O=C(O)[C@H]1CCCN1C(=O)c1ccc2[nH]ncc2c1. The summed E-state index contributed by atoms with van der Waals surface area (Å²) in [5.41, 5.74) is 1.36. The van der Waals surface area contributed by atoms with Crippen molar-refractivity contribution in [2.75, 3.05) is 6.54 Å². The highest BCUT2D eigenvalue weighted by molar-refractivity contribution is 5.99. The number of aliphatic carboxylic acids is 1. The lowest BCUT2D eigenvalue weighted by Crippen LogP contribution is -2.40. The Hall–Kier alpha value is -2.37. The van der Waals surface area contributed by atoms with Crippen LogP contribution in [0.5, 0.6) is 0 Å². The van der Waals surface area contributed by atoms with Crippen LogP contribution in [0.1, 0.15) is 23.2 Å². The number of aromatic amines is 1. The van der Waals surface area contributed by atoms with Crippen LogP contribution in [0.3, 0.4) is 0 Å². The minimum Gasteiger partial charge on any atom is -0.480 e. The molecule has 1 fully saturated rings. The van der Waals surface area contributed by atoms with E-state index in [1.54, 1.807) is 24.4 Å². The Balaban J connectivity index is 1.92. The van der Waals surface area contributed by atoms with Crippen molar-refractivity contribution < 1.29 is 14.7 Å². The van der Waals surface area contributed by atoms with Crippen molar-refractivity contribution in [2.45, 2.75) is 18.9 Å². The fourth-order valence-electron chi connectivity index (χ4n) is 2.51. The number of benzene rings is 1. The van der Waals surface area contributed by atoms with E-state index in [1.807, 2.05) is 0 Å². The number of fused-ring (bicyclic) bond motifs is 1. The highest BCUT2D eigenvalue weighted by atomic mass is 16.4. The molecular weight excluding hydrogens is 246 g/mol. The summed E-state index contributed by atoms with van der Waals surface area (Å²) < 4.78 is 0. The van der Waals surface area contributed by atoms with Gasteiger partial charge in [0.05, 0.1) is 11.7 Å². The van der Waals surface area contributed by atoms with Gasteiger partial charge in [-0.2, -0.15) is 5.10 Å². The van der Waals surface area contributed by atoms with Gasteiger partial charge in [-0.15, -0.1) is 0 Å². The van der Waals surface area contributed by atoms with Gasteiger partial charge in [0.25, 0.3) is 5.91 Å². The summed E-state index contributed by atoms with van der Waals surface area (Å²) in [6.45, 7) is 0.499. The van der Waals surface area contributed by atoms with Crippen molar-refractivity contribution in [1.29, 1.82) is 0 Å². The van der Waals surface area contributed by atoms with Crippen molar-refractivity contribution in [1.82, 2.24) is 15.1 Å². The monoisotopic (exact) mass is 259 g/mol. The number of carboxylic acids is 1. The van der Waals surface area contributed by atoms with E-state index in [4.69, 9.17) is 5.11 Å². The molecule has 0 radical (unpaired) electrons. The summed E-state index contributed by atoms with van der Waals surface area (Å²) in [6.07, 6.45) is 2.90. The first-order chi connectivity index (χ1) is 9.16. The maximum Gasteiger partial charge on any atom is 0.326 e. The minimum absolute atomic E-state index is 0.229. The number of nitrogens with one attached hydrogen (secondary N) is 1. The van der Waals surface area contributed by atoms with Crippen LogP contribution in [0.4, 0.5) is 0 Å². The molecule has 1 amide bonds. The molecule has 1 atom stereocenters. The third-order valence-corrected chi connectivity index (χ3v) is 3.49. The molecular formula is C13H13N3O3. The standard InChI is InChI=1S/C13H13N3O3/c17-12(16-5-1-2-11(16)13(18)19)8-3-4-10-9(6-8)7-14-15-10/h3-4,6-7,11H,1-2,5H2,(H,14,15)(H,18,19)/t11-/m1/s1. The fourth-order valence-corrected chi connectivity index (χ4v) is 2.51. The van der Waals surface area contributed by atoms with Crippen molar-refractivity contribution >= 4 is 22.8 Å². The summed E-state index contributed by atoms with van der Waals surface area (Å²) in [4.78, 5) is 24.9. The molecule has 0 aliphatic carbocycles. The zero-order valence-corrected chi connectivity index (χ0v) is 10.2. The maximum absolute atomic E-state index is 12.4. The molecule has 3 rings (SSSR count). The molecule has 0 unspecified atom stereocenters. The maximum atomic E-state index is 12.4. The summed E-state index contributed by atoms with van der Waals surface area (Å²) in [5.74, 6) is -1.16. The summed E-state index contributed by atoms with van der Waals surface area (Å²) in [5, 5.41) is 16.7. The van der Waals surface area contributed by atoms with E-state index in [9.17, 15) is 9.59 Å². The van der Waals surface area contributed by atoms with E-state index >= 15 is 0 Å². The lowest BCUT2D eigenvalue weighted by atomic mass is 10.1. The average Bonchev–Trinajstić information content (AvgIpc) is 3.05. The van der Waals surface area contributed by atoms with Gasteiger partial charge < -0.3 is 10.0 Å². The number of amides is 1. The highest BCUT2D eigenvalue weighted by Crippen LogP contribution is 2.22. The third kappa shape index (κ3) is 1.95. The normalized spacial score (nSPS) is 18.9. The van der Waals surface area contributed by atoms with E-state index in [0.717, 1.165) is 17.3 Å². The second kappa shape index (κ2) is 4.38. The van der Waals surface area contributed by atoms with Crippen molar-refractivity contribution in [3.05, 3.63) is 30.0 Å². The number of nitrogens with zero attached hydrogens (tertiary/aromatic N) is 2. The average molecular weight is 259 g/mol. The van der Waals surface area contributed by atoms with Gasteiger partial charge in [-0.1, -0.05) is 0 Å². The number of hydrogen-bond acceptors (Lipinski definition) is 3. The lowest BCUT2D eigenvalue weighted by Gasteiger charge is -2.21. The fraction of sp³-hybridized carbons (Fsp3) is 0.308. The third-order valence-electron chi connectivity index (χ3n) is 3.49. The molecule has 0 saturated carbocycles. The van der Waals surface area contributed by atoms with Gasteiger partial charge in [-0.05, 0) is 31.0 Å². The molecule has 98 valence electrons. The number of rotatable bonds is 2. The molecule has 1 saturated heterocycles. The topological polar surface area (TPSA) is 86.3 Å². The molecule has 19 heavy (non-hydrogen) atoms. The molecule has 1 aromatic carbocycles. The van der Waals surface area contributed by atoms with E-state index in [-0.39, 0.29) is 5.91 Å². The molecule has 0 bridgehead atoms. The van der Waals surface area contributed by atoms with Gasteiger partial charge in [0, 0.05) is 17.5 Å². The second-order valence-corrected chi connectivity index (χ2v) is 4.67. The number of likely N-dealkylation sites (tertiary alicyclic amines) is 1. The van der Waals surface area contributed by atoms with E-state index < -0.39 is 12.0 Å². The number of carbonyl (C=O) groups is 2. The Morgan fingerprint density at radius 1 is 1.42 bits per heavy atom. The molecule has 1 aliphatic heterocycles. The number of aromatic nitrogens is 2. The van der Waals surface area contributed by atoms with Gasteiger partial charge in [0.15, 0.2) is 0 Å². The van der Waals surface area contributed by atoms with E-state index in [2.05, 4.69) is 10.2 Å². The van der Waals surface area contributed by atoms with Crippen LogP contribution < -0.4 is 0 Å². The first kappa shape index (κ1) is 11.7. The Labute approximate surface area is 109 Å². The van der Waals surface area contributed by atoms with Crippen LogP contribution in [0.2, 0.25) is 0 Å². The first-order valence-corrected chi connectivity index (χ1v) is 6.14. The van der Waals surface area contributed by atoms with Crippen LogP contribution in [-0.4, -0.2) is 44.7 Å². The number of carboxylic acid groups (broad SMARTS) is 1. The first-order valence-electron chi connectivity index (χ1n) is 6.14. The lowest BCUT2D eigenvalue weighted by molar-refractivity contribution is -0.141. The minimum atomic E-state index is -0.935. The molecule has 2 heterocycles. The predicted octanol–water partition coefficient (Wildman–Crippen LogP) is 1.25. The number of H-pyrrole nitrogens is 1. The van der Waals surface area contributed by atoms with E-state index in [1.165, 1.54) is 4.90 Å². The number of carbonyl (C=O) groups excluding carboxylic acids is 1. The Morgan fingerprint density at radius 3 is 3.05 bits per heavy atom. The van der Waals surface area contributed by atoms with Gasteiger partial charge in [0.2, 0.25) is 0 Å². The van der Waals surface area contributed by atoms with Crippen LogP contribution in [0, 0.1) is 0 Å². The van der Waals surface area contributed by atoms with Gasteiger partial charge in [0.1, 0.15) is 6.04 Å². The molecule has 6 nitrogen and oxygen atoms in total. The second-order valence-electron chi connectivity index (χ2n) is 4.67. The molecule has 2 aromatic rings. The van der Waals surface area contributed by atoms with Gasteiger partial charge in [-0.3, -0.25) is 9.89 Å². The largest absolute Gasteiger partial charge is 0.480 e. The quantitative estimate of drug-likeness (QED) is 0.849. The molecule has 2 N–H and O–H groups in total. The highest BCUT2D eigenvalue weighted by Gasteiger charge is 2.34. The Morgan fingerprint density at radius 2 is 2.26 bits per heavy atom. The van der Waals surface area contributed by atoms with Crippen molar-refractivity contribution in [2.24, 2.45) is 0 Å². The molecule has 1 aliphatic rings. The molecule has 6 heteroatoms. The van der Waals surface area contributed by atoms with Gasteiger partial charge >= 0.3 is 5.97 Å². The smallest absolute Gasteiger partial charge is 0.326 e. The molecule has 0 spiro atoms. The summed E-state index contributed by atoms with van der Waals surface area (Å²) in [6, 6.07) is 4.51. The van der Waals surface area contributed by atoms with Crippen molar-refractivity contribution in [3.8, 4) is 0 Å². The predicted molar refractivity (Wildman–Crippen MR) is 67.8 cm³/mol. The summed E-state index contributed by atoms with van der Waals surface area (Å²) in [7, 11) is 0. The molecule has 1 aromatic heterocycles. The van der Waals surface area contributed by atoms with Crippen LogP contribution in [-0.2, 0) is 4.79 Å². The summed E-state index contributed by atoms with van der Waals surface area (Å²) >= 11 is 0. The Kier molecular flexibility index (Phi) is 2.70. The van der Waals surface area contributed by atoms with Crippen LogP contribution in [0.25, 0.3) is 10.9 Å². The van der Waals surface area contributed by atoms with Crippen LogP contribution in [0.15, 0.2) is 24.4 Å².